The summed E-state index contributed by atoms with van der Waals surface area (Å²) in [4.78, 5) is 27.4. The van der Waals surface area contributed by atoms with Gasteiger partial charge in [0.1, 0.15) is 6.04 Å². The molecule has 7 heteroatoms. The van der Waals surface area contributed by atoms with Gasteiger partial charge in [-0.3, -0.25) is 4.79 Å². The third kappa shape index (κ3) is 5.02. The Labute approximate surface area is 162 Å². The zero-order valence-electron chi connectivity index (χ0n) is 17.3. The topological polar surface area (TPSA) is 77.1 Å². The molecule has 27 heavy (non-hydrogen) atoms. The van der Waals surface area contributed by atoms with Crippen LogP contribution in [0.15, 0.2) is 11.3 Å². The summed E-state index contributed by atoms with van der Waals surface area (Å²) in [5, 5.41) is 3.38. The molecule has 1 amide bonds. The Kier molecular flexibility index (Phi) is 7.68. The molecule has 154 valence electrons. The summed E-state index contributed by atoms with van der Waals surface area (Å²) in [7, 11) is 0. The number of allylic oxidation sites excluding steroid dienone is 1. The first-order valence-electron chi connectivity index (χ1n) is 10.1. The van der Waals surface area contributed by atoms with Gasteiger partial charge >= 0.3 is 5.97 Å². The number of carbonyl (C=O) groups is 2. The Morgan fingerprint density at radius 1 is 1.19 bits per heavy atom. The van der Waals surface area contributed by atoms with Gasteiger partial charge in [0.25, 0.3) is 0 Å². The lowest BCUT2D eigenvalue weighted by molar-refractivity contribution is -0.169. The summed E-state index contributed by atoms with van der Waals surface area (Å²) in [6.45, 7) is 12.5. The predicted octanol–water partition coefficient (Wildman–Crippen LogP) is 2.21. The van der Waals surface area contributed by atoms with Crippen molar-refractivity contribution in [1.82, 2.24) is 10.2 Å². The molecule has 1 aliphatic carbocycles. The molecule has 0 bridgehead atoms. The van der Waals surface area contributed by atoms with Crippen LogP contribution in [0.4, 0.5) is 0 Å². The molecule has 0 aromatic rings. The monoisotopic (exact) mass is 382 g/mol. The highest BCUT2D eigenvalue weighted by Crippen LogP contribution is 2.38. The molecule has 0 saturated carbocycles. The van der Waals surface area contributed by atoms with Crippen LogP contribution in [0.3, 0.4) is 0 Å². The number of amides is 1. The van der Waals surface area contributed by atoms with E-state index in [9.17, 15) is 9.59 Å². The summed E-state index contributed by atoms with van der Waals surface area (Å²) in [6, 6.07) is -0.385. The van der Waals surface area contributed by atoms with Crippen LogP contribution in [0.1, 0.15) is 53.9 Å². The normalized spacial score (nSPS) is 20.1. The standard InChI is InChI=1S/C20H34N2O5/c1-6-22(7-2)18(23)17(14(4)5)21-16-9-10-20(26-11-12-27-20)13-15(16)19(24)25-8-3/h14,17,21H,6-13H2,1-5H3. The van der Waals surface area contributed by atoms with E-state index in [1.807, 2.05) is 32.6 Å². The maximum atomic E-state index is 12.9. The lowest BCUT2D eigenvalue weighted by atomic mass is 9.89. The van der Waals surface area contributed by atoms with E-state index >= 15 is 0 Å². The maximum absolute atomic E-state index is 12.9. The fourth-order valence-corrected chi connectivity index (χ4v) is 3.68. The fraction of sp³-hybridized carbons (Fsp3) is 0.800. The first-order chi connectivity index (χ1) is 12.9. The van der Waals surface area contributed by atoms with E-state index < -0.39 is 5.79 Å². The number of carbonyl (C=O) groups excluding carboxylic acids is 2. The lowest BCUT2D eigenvalue weighted by Gasteiger charge is -2.36. The van der Waals surface area contributed by atoms with E-state index in [1.165, 1.54) is 0 Å². The molecule has 1 fully saturated rings. The first-order valence-corrected chi connectivity index (χ1v) is 10.1. The quantitative estimate of drug-likeness (QED) is 0.649. The van der Waals surface area contributed by atoms with Crippen LogP contribution in [0.2, 0.25) is 0 Å². The zero-order valence-corrected chi connectivity index (χ0v) is 17.3. The smallest absolute Gasteiger partial charge is 0.335 e. The number of nitrogens with zero attached hydrogens (tertiary/aromatic N) is 1. The number of esters is 1. The molecule has 1 heterocycles. The highest BCUT2D eigenvalue weighted by atomic mass is 16.7. The van der Waals surface area contributed by atoms with Crippen molar-refractivity contribution < 1.29 is 23.8 Å². The van der Waals surface area contributed by atoms with Crippen molar-refractivity contribution in [3.05, 3.63) is 11.3 Å². The molecule has 2 aliphatic rings. The Bertz CT molecular complexity index is 563. The zero-order chi connectivity index (χ0) is 20.0. The van der Waals surface area contributed by atoms with Crippen molar-refractivity contribution in [3.8, 4) is 0 Å². The second-order valence-corrected chi connectivity index (χ2v) is 7.34. The Hall–Kier alpha value is -1.60. The molecular formula is C20H34N2O5. The van der Waals surface area contributed by atoms with Crippen LogP contribution in [-0.2, 0) is 23.8 Å². The highest BCUT2D eigenvalue weighted by Gasteiger charge is 2.43. The molecule has 2 rings (SSSR count). The second kappa shape index (κ2) is 9.55. The molecule has 7 nitrogen and oxygen atoms in total. The molecular weight excluding hydrogens is 348 g/mol. The summed E-state index contributed by atoms with van der Waals surface area (Å²) in [5.74, 6) is -0.956. The van der Waals surface area contributed by atoms with Crippen LogP contribution >= 0.6 is 0 Å². The number of rotatable bonds is 8. The largest absolute Gasteiger partial charge is 0.463 e. The van der Waals surface area contributed by atoms with Crippen LogP contribution < -0.4 is 5.32 Å². The van der Waals surface area contributed by atoms with Crippen LogP contribution in [0.5, 0.6) is 0 Å². The summed E-state index contributed by atoms with van der Waals surface area (Å²) < 4.78 is 16.9. The van der Waals surface area contributed by atoms with Crippen LogP contribution in [0.25, 0.3) is 0 Å². The van der Waals surface area contributed by atoms with Gasteiger partial charge in [-0.05, 0) is 33.1 Å². The molecule has 0 aromatic heterocycles. The fourth-order valence-electron chi connectivity index (χ4n) is 3.68. The molecule has 0 aromatic carbocycles. The summed E-state index contributed by atoms with van der Waals surface area (Å²) in [6.07, 6.45) is 1.59. The number of nitrogens with one attached hydrogen (secondary N) is 1. The molecule has 1 saturated heterocycles. The first kappa shape index (κ1) is 21.7. The van der Waals surface area contributed by atoms with E-state index in [4.69, 9.17) is 14.2 Å². The number of ether oxygens (including phenoxy) is 3. The molecule has 0 radical (unpaired) electrons. The second-order valence-electron chi connectivity index (χ2n) is 7.34. The van der Waals surface area contributed by atoms with Crippen molar-refractivity contribution in [2.24, 2.45) is 5.92 Å². The average Bonchev–Trinajstić information content (AvgIpc) is 3.09. The van der Waals surface area contributed by atoms with Gasteiger partial charge in [-0.1, -0.05) is 13.8 Å². The van der Waals surface area contributed by atoms with Gasteiger partial charge in [0, 0.05) is 31.6 Å². The van der Waals surface area contributed by atoms with Crippen molar-refractivity contribution >= 4 is 11.9 Å². The predicted molar refractivity (Wildman–Crippen MR) is 102 cm³/mol. The summed E-state index contributed by atoms with van der Waals surface area (Å²) in [5.41, 5.74) is 1.31. The average molecular weight is 383 g/mol. The van der Waals surface area contributed by atoms with Crippen LogP contribution in [-0.4, -0.2) is 61.5 Å². The molecule has 1 N–H and O–H groups in total. The van der Waals surface area contributed by atoms with Gasteiger partial charge in [-0.15, -0.1) is 0 Å². The minimum Gasteiger partial charge on any atom is -0.463 e. The molecule has 1 spiro atoms. The van der Waals surface area contributed by atoms with Gasteiger partial charge < -0.3 is 24.4 Å². The molecule has 1 atom stereocenters. The Morgan fingerprint density at radius 2 is 1.81 bits per heavy atom. The van der Waals surface area contributed by atoms with Gasteiger partial charge in [0.2, 0.25) is 5.91 Å². The van der Waals surface area contributed by atoms with Crippen molar-refractivity contribution in [1.29, 1.82) is 0 Å². The Balaban J connectivity index is 2.29. The third-order valence-electron chi connectivity index (χ3n) is 5.24. The van der Waals surface area contributed by atoms with Crippen molar-refractivity contribution in [3.63, 3.8) is 0 Å². The number of likely N-dealkylation sites (N-methyl/N-ethyl adjacent to an activating group) is 1. The van der Waals surface area contributed by atoms with E-state index in [0.717, 1.165) is 5.70 Å². The van der Waals surface area contributed by atoms with E-state index in [1.54, 1.807) is 6.92 Å². The third-order valence-corrected chi connectivity index (χ3v) is 5.24. The van der Waals surface area contributed by atoms with Crippen molar-refractivity contribution in [2.45, 2.75) is 65.7 Å². The Morgan fingerprint density at radius 3 is 2.33 bits per heavy atom. The van der Waals surface area contributed by atoms with Gasteiger partial charge in [0.15, 0.2) is 5.79 Å². The molecule has 1 unspecified atom stereocenters. The van der Waals surface area contributed by atoms with Crippen LogP contribution in [0, 0.1) is 5.92 Å². The molecule has 1 aliphatic heterocycles. The van der Waals surface area contributed by atoms with Gasteiger partial charge in [-0.2, -0.15) is 0 Å². The van der Waals surface area contributed by atoms with Gasteiger partial charge in [0.05, 0.1) is 25.4 Å². The number of hydrogen-bond donors (Lipinski definition) is 1. The lowest BCUT2D eigenvalue weighted by Crippen LogP contribution is -2.50. The van der Waals surface area contributed by atoms with E-state index in [2.05, 4.69) is 5.32 Å². The SMILES string of the molecule is CCOC(=O)C1=C(NC(C(=O)N(CC)CC)C(C)C)CCC2(C1)OCCO2. The minimum absolute atomic E-state index is 0.0550. The number of hydrogen-bond acceptors (Lipinski definition) is 6. The van der Waals surface area contributed by atoms with E-state index in [-0.39, 0.29) is 23.8 Å². The summed E-state index contributed by atoms with van der Waals surface area (Å²) >= 11 is 0. The highest BCUT2D eigenvalue weighted by molar-refractivity contribution is 5.90. The van der Waals surface area contributed by atoms with Crippen molar-refractivity contribution in [2.75, 3.05) is 32.9 Å². The minimum atomic E-state index is -0.733. The maximum Gasteiger partial charge on any atom is 0.335 e. The van der Waals surface area contributed by atoms with Gasteiger partial charge in [-0.25, -0.2) is 4.79 Å². The van der Waals surface area contributed by atoms with E-state index in [0.29, 0.717) is 57.7 Å².